The highest BCUT2D eigenvalue weighted by molar-refractivity contribution is 7.09. The summed E-state index contributed by atoms with van der Waals surface area (Å²) in [6, 6.07) is 4.20. The quantitative estimate of drug-likeness (QED) is 0.542. The second-order valence-corrected chi connectivity index (χ2v) is 6.11. The summed E-state index contributed by atoms with van der Waals surface area (Å²) in [7, 11) is 0. The van der Waals surface area contributed by atoms with Gasteiger partial charge >= 0.3 is 0 Å². The summed E-state index contributed by atoms with van der Waals surface area (Å²) in [5.74, 6) is 0.0419. The fourth-order valence-corrected chi connectivity index (χ4v) is 2.31. The number of carbonyl (C=O) groups excluding carboxylic acids is 1. The molecule has 21 heavy (non-hydrogen) atoms. The summed E-state index contributed by atoms with van der Waals surface area (Å²) in [5, 5.41) is 17.7. The fourth-order valence-electron chi connectivity index (χ4n) is 1.67. The lowest BCUT2D eigenvalue weighted by Crippen LogP contribution is -2.36. The van der Waals surface area contributed by atoms with Crippen molar-refractivity contribution >= 4 is 17.2 Å². The summed E-state index contributed by atoms with van der Waals surface area (Å²) in [6.45, 7) is 5.84. The van der Waals surface area contributed by atoms with E-state index >= 15 is 0 Å². The van der Waals surface area contributed by atoms with Crippen molar-refractivity contribution in [3.8, 4) is 0 Å². The molecule has 0 aliphatic heterocycles. The molecule has 1 aromatic heterocycles. The van der Waals surface area contributed by atoms with Crippen molar-refractivity contribution in [2.24, 2.45) is 0 Å². The lowest BCUT2D eigenvalue weighted by atomic mass is 10.2. The fraction of sp³-hybridized carbons (Fsp3) is 0.667. The topological polar surface area (TPSA) is 70.6 Å². The van der Waals surface area contributed by atoms with Gasteiger partial charge in [0.05, 0.1) is 19.3 Å². The maximum absolute atomic E-state index is 11.5. The highest BCUT2D eigenvalue weighted by atomic mass is 32.1. The first-order chi connectivity index (χ1) is 10.1. The summed E-state index contributed by atoms with van der Waals surface area (Å²) >= 11 is 1.64. The predicted molar refractivity (Wildman–Crippen MR) is 85.4 cm³/mol. The molecule has 0 spiro atoms. The van der Waals surface area contributed by atoms with Gasteiger partial charge in [-0.3, -0.25) is 4.79 Å². The molecule has 0 fully saturated rings. The molecule has 1 rings (SSSR count). The molecule has 0 aromatic carbocycles. The lowest BCUT2D eigenvalue weighted by Gasteiger charge is -2.13. The summed E-state index contributed by atoms with van der Waals surface area (Å²) in [6.07, 6.45) is 0.801. The largest absolute Gasteiger partial charge is 0.389 e. The Balaban J connectivity index is 1.97. The van der Waals surface area contributed by atoms with Crippen LogP contribution in [0.1, 0.15) is 31.6 Å². The van der Waals surface area contributed by atoms with Gasteiger partial charge in [0.2, 0.25) is 5.91 Å². The molecule has 2 atom stereocenters. The molecular weight excluding hydrogens is 288 g/mol. The van der Waals surface area contributed by atoms with Crippen molar-refractivity contribution in [2.75, 3.05) is 19.7 Å². The van der Waals surface area contributed by atoms with E-state index in [0.29, 0.717) is 32.7 Å². The van der Waals surface area contributed by atoms with Crippen LogP contribution >= 0.6 is 11.3 Å². The van der Waals surface area contributed by atoms with E-state index in [1.165, 1.54) is 0 Å². The van der Waals surface area contributed by atoms with Gasteiger partial charge in [-0.2, -0.15) is 0 Å². The lowest BCUT2D eigenvalue weighted by molar-refractivity contribution is -0.121. The number of ether oxygens (including phenoxy) is 1. The van der Waals surface area contributed by atoms with Crippen LogP contribution in [0.4, 0.5) is 0 Å². The number of aliphatic hydroxyl groups is 1. The summed E-state index contributed by atoms with van der Waals surface area (Å²) < 4.78 is 5.43. The molecule has 3 N–H and O–H groups in total. The molecule has 6 heteroatoms. The Morgan fingerprint density at radius 2 is 2.33 bits per heavy atom. The monoisotopic (exact) mass is 314 g/mol. The minimum atomic E-state index is -0.553. The highest BCUT2D eigenvalue weighted by Gasteiger charge is 2.07. The molecule has 0 radical (unpaired) electrons. The first-order valence-corrected chi connectivity index (χ1v) is 8.28. The van der Waals surface area contributed by atoms with Gasteiger partial charge in [-0.15, -0.1) is 11.3 Å². The average Bonchev–Trinajstić information content (AvgIpc) is 2.96. The molecule has 1 amide bonds. The Bertz CT molecular complexity index is 384. The summed E-state index contributed by atoms with van der Waals surface area (Å²) in [4.78, 5) is 12.7. The van der Waals surface area contributed by atoms with Gasteiger partial charge in [0, 0.05) is 30.4 Å². The second-order valence-electron chi connectivity index (χ2n) is 5.08. The van der Waals surface area contributed by atoms with E-state index in [0.717, 1.165) is 11.3 Å². The van der Waals surface area contributed by atoms with E-state index in [2.05, 4.69) is 10.6 Å². The molecular formula is C15H26N2O3S. The SMILES string of the molecule is CCC(C)NC(=O)CCNCC(O)COCc1cccs1. The number of nitrogens with one attached hydrogen (secondary N) is 2. The summed E-state index contributed by atoms with van der Waals surface area (Å²) in [5.41, 5.74) is 0. The zero-order chi connectivity index (χ0) is 15.5. The Morgan fingerprint density at radius 1 is 1.52 bits per heavy atom. The number of rotatable bonds is 11. The first-order valence-electron chi connectivity index (χ1n) is 7.40. The van der Waals surface area contributed by atoms with Gasteiger partial charge in [0.25, 0.3) is 0 Å². The average molecular weight is 314 g/mol. The van der Waals surface area contributed by atoms with Gasteiger partial charge in [-0.25, -0.2) is 0 Å². The molecule has 0 bridgehead atoms. The smallest absolute Gasteiger partial charge is 0.221 e. The van der Waals surface area contributed by atoms with Gasteiger partial charge in [0.1, 0.15) is 0 Å². The zero-order valence-electron chi connectivity index (χ0n) is 12.8. The number of thiophene rings is 1. The van der Waals surface area contributed by atoms with Crippen LogP contribution in [0.15, 0.2) is 17.5 Å². The molecule has 2 unspecified atom stereocenters. The van der Waals surface area contributed by atoms with E-state index in [-0.39, 0.29) is 11.9 Å². The third-order valence-electron chi connectivity index (χ3n) is 3.06. The second kappa shape index (κ2) is 10.7. The third-order valence-corrected chi connectivity index (χ3v) is 3.91. The molecule has 1 heterocycles. The maximum atomic E-state index is 11.5. The van der Waals surface area contributed by atoms with Gasteiger partial charge in [-0.1, -0.05) is 13.0 Å². The van der Waals surface area contributed by atoms with Crippen molar-refractivity contribution in [3.05, 3.63) is 22.4 Å². The Labute approximate surface area is 130 Å². The number of hydrogen-bond acceptors (Lipinski definition) is 5. The minimum Gasteiger partial charge on any atom is -0.389 e. The van der Waals surface area contributed by atoms with E-state index < -0.39 is 6.10 Å². The normalized spacial score (nSPS) is 13.9. The number of carbonyl (C=O) groups is 1. The minimum absolute atomic E-state index is 0.0419. The van der Waals surface area contributed by atoms with Crippen LogP contribution in [0.2, 0.25) is 0 Å². The molecule has 0 saturated heterocycles. The van der Waals surface area contributed by atoms with Crippen LogP contribution in [0, 0.1) is 0 Å². The molecule has 0 saturated carbocycles. The Hall–Kier alpha value is -0.950. The van der Waals surface area contributed by atoms with Crippen molar-refractivity contribution in [2.45, 2.75) is 45.4 Å². The van der Waals surface area contributed by atoms with Crippen molar-refractivity contribution in [3.63, 3.8) is 0 Å². The van der Waals surface area contributed by atoms with Crippen LogP contribution < -0.4 is 10.6 Å². The van der Waals surface area contributed by atoms with Crippen LogP contribution in [0.5, 0.6) is 0 Å². The van der Waals surface area contributed by atoms with Gasteiger partial charge in [-0.05, 0) is 24.8 Å². The predicted octanol–water partition coefficient (Wildman–Crippen LogP) is 1.52. The third kappa shape index (κ3) is 8.83. The van der Waals surface area contributed by atoms with E-state index in [4.69, 9.17) is 4.74 Å². The first kappa shape index (κ1) is 18.1. The van der Waals surface area contributed by atoms with Crippen LogP contribution in [0.25, 0.3) is 0 Å². The number of aliphatic hydroxyl groups excluding tert-OH is 1. The molecule has 1 aromatic rings. The maximum Gasteiger partial charge on any atom is 0.221 e. The number of amides is 1. The van der Waals surface area contributed by atoms with Crippen LogP contribution in [-0.2, 0) is 16.1 Å². The zero-order valence-corrected chi connectivity index (χ0v) is 13.6. The standard InChI is InChI=1S/C15H26N2O3S/c1-3-12(2)17-15(19)6-7-16-9-13(18)10-20-11-14-5-4-8-21-14/h4-5,8,12-13,16,18H,3,6-7,9-11H2,1-2H3,(H,17,19). The van der Waals surface area contributed by atoms with E-state index in [9.17, 15) is 9.90 Å². The van der Waals surface area contributed by atoms with E-state index in [1.807, 2.05) is 31.4 Å². The molecule has 5 nitrogen and oxygen atoms in total. The Kier molecular flexibility index (Phi) is 9.25. The molecule has 0 aliphatic rings. The Morgan fingerprint density at radius 3 is 3.00 bits per heavy atom. The van der Waals surface area contributed by atoms with Crippen molar-refractivity contribution in [1.82, 2.24) is 10.6 Å². The molecule has 0 aliphatic carbocycles. The van der Waals surface area contributed by atoms with Crippen molar-refractivity contribution < 1.29 is 14.6 Å². The highest BCUT2D eigenvalue weighted by Crippen LogP contribution is 2.09. The van der Waals surface area contributed by atoms with Crippen LogP contribution in [0.3, 0.4) is 0 Å². The molecule has 120 valence electrons. The number of hydrogen-bond donors (Lipinski definition) is 3. The van der Waals surface area contributed by atoms with Gasteiger partial charge in [0.15, 0.2) is 0 Å². The van der Waals surface area contributed by atoms with Gasteiger partial charge < -0.3 is 20.5 Å². The van der Waals surface area contributed by atoms with Crippen LogP contribution in [-0.4, -0.2) is 42.9 Å². The van der Waals surface area contributed by atoms with E-state index in [1.54, 1.807) is 11.3 Å². The van der Waals surface area contributed by atoms with Crippen molar-refractivity contribution in [1.29, 1.82) is 0 Å².